The van der Waals surface area contributed by atoms with Crippen molar-refractivity contribution in [2.45, 2.75) is 26.8 Å². The zero-order valence-corrected chi connectivity index (χ0v) is 22.3. The number of carbonyl (C=O) groups is 3. The second-order valence-corrected chi connectivity index (χ2v) is 9.45. The van der Waals surface area contributed by atoms with Crippen molar-refractivity contribution in [2.24, 2.45) is 5.92 Å². The second-order valence-electron chi connectivity index (χ2n) is 9.45. The number of aliphatic hydroxyl groups is 1. The van der Waals surface area contributed by atoms with Gasteiger partial charge in [-0.3, -0.25) is 14.5 Å². The topological polar surface area (TPSA) is 102 Å². The lowest BCUT2D eigenvalue weighted by atomic mass is 9.95. The van der Waals surface area contributed by atoms with Crippen LogP contribution in [0.3, 0.4) is 0 Å². The van der Waals surface area contributed by atoms with Gasteiger partial charge in [-0.2, -0.15) is 0 Å². The Morgan fingerprint density at radius 3 is 2.33 bits per heavy atom. The minimum absolute atomic E-state index is 0.0781. The molecule has 8 heteroatoms. The highest BCUT2D eigenvalue weighted by atomic mass is 16.5. The second kappa shape index (κ2) is 11.9. The van der Waals surface area contributed by atoms with Crippen LogP contribution in [-0.2, 0) is 14.3 Å². The third kappa shape index (κ3) is 5.80. The molecule has 1 aliphatic rings. The van der Waals surface area contributed by atoms with E-state index in [1.54, 1.807) is 73.7 Å². The summed E-state index contributed by atoms with van der Waals surface area (Å²) in [6.07, 6.45) is 0. The molecule has 8 nitrogen and oxygen atoms in total. The Morgan fingerprint density at radius 1 is 0.949 bits per heavy atom. The van der Waals surface area contributed by atoms with Crippen LogP contribution in [0.5, 0.6) is 11.5 Å². The number of ketones is 1. The zero-order chi connectivity index (χ0) is 28.1. The molecule has 1 N–H and O–H groups in total. The third-order valence-electron chi connectivity index (χ3n) is 6.20. The van der Waals surface area contributed by atoms with Crippen LogP contribution in [0.25, 0.3) is 5.76 Å². The quantitative estimate of drug-likeness (QED) is 0.168. The Balaban J connectivity index is 1.84. The standard InChI is InChI=1S/C31H31NO7/c1-5-38-31(36)22-9-6-10-23(16-22)32-27(21-8-7-11-25(17-21)37-4)26(29(34)30(32)35)28(33)20-12-14-24(15-13-20)39-18-19(2)3/h6-17,19,27,33H,5,18H2,1-4H3/b28-26+. The lowest BCUT2D eigenvalue weighted by Gasteiger charge is -2.26. The Kier molecular flexibility index (Phi) is 8.34. The molecule has 39 heavy (non-hydrogen) atoms. The number of anilines is 1. The van der Waals surface area contributed by atoms with Gasteiger partial charge in [-0.1, -0.05) is 32.0 Å². The molecule has 1 amide bonds. The number of hydrogen-bond acceptors (Lipinski definition) is 7. The zero-order valence-electron chi connectivity index (χ0n) is 22.3. The normalized spacial score (nSPS) is 16.4. The van der Waals surface area contributed by atoms with Crippen LogP contribution >= 0.6 is 0 Å². The maximum Gasteiger partial charge on any atom is 0.338 e. The first-order valence-electron chi connectivity index (χ1n) is 12.7. The van der Waals surface area contributed by atoms with Crippen LogP contribution in [0.4, 0.5) is 5.69 Å². The molecule has 1 unspecified atom stereocenters. The smallest absolute Gasteiger partial charge is 0.338 e. The van der Waals surface area contributed by atoms with Gasteiger partial charge in [0.15, 0.2) is 0 Å². The molecule has 3 aromatic rings. The SMILES string of the molecule is CCOC(=O)c1cccc(N2C(=O)C(=O)/C(=C(/O)c3ccc(OCC(C)C)cc3)C2c2cccc(OC)c2)c1. The fourth-order valence-electron chi connectivity index (χ4n) is 4.35. The molecular weight excluding hydrogens is 498 g/mol. The Hall–Kier alpha value is -4.59. The van der Waals surface area contributed by atoms with Crippen LogP contribution < -0.4 is 14.4 Å². The summed E-state index contributed by atoms with van der Waals surface area (Å²) in [6, 6.07) is 19.0. The van der Waals surface area contributed by atoms with Gasteiger partial charge in [-0.25, -0.2) is 4.79 Å². The molecule has 1 heterocycles. The van der Waals surface area contributed by atoms with E-state index in [1.165, 1.54) is 18.1 Å². The number of methoxy groups -OCH3 is 1. The number of aliphatic hydroxyl groups excluding tert-OH is 1. The number of amides is 1. The van der Waals surface area contributed by atoms with E-state index in [4.69, 9.17) is 14.2 Å². The van der Waals surface area contributed by atoms with E-state index < -0.39 is 23.7 Å². The van der Waals surface area contributed by atoms with Crippen molar-refractivity contribution in [1.29, 1.82) is 0 Å². The predicted octanol–water partition coefficient (Wildman–Crippen LogP) is 5.53. The third-order valence-corrected chi connectivity index (χ3v) is 6.20. The molecule has 0 spiro atoms. The van der Waals surface area contributed by atoms with Crippen molar-refractivity contribution in [3.8, 4) is 11.5 Å². The molecule has 0 bridgehead atoms. The largest absolute Gasteiger partial charge is 0.507 e. The molecule has 1 fully saturated rings. The maximum absolute atomic E-state index is 13.5. The molecule has 0 saturated carbocycles. The summed E-state index contributed by atoms with van der Waals surface area (Å²) in [5, 5.41) is 11.4. The average molecular weight is 530 g/mol. The van der Waals surface area contributed by atoms with Crippen molar-refractivity contribution in [1.82, 2.24) is 0 Å². The van der Waals surface area contributed by atoms with Crippen molar-refractivity contribution in [3.63, 3.8) is 0 Å². The van der Waals surface area contributed by atoms with E-state index in [2.05, 4.69) is 0 Å². The first-order valence-corrected chi connectivity index (χ1v) is 12.7. The number of rotatable bonds is 9. The number of Topliss-reactive ketones (excluding diaryl/α,β-unsaturated/α-hetero) is 1. The molecule has 4 rings (SSSR count). The van der Waals surface area contributed by atoms with Gasteiger partial charge in [0, 0.05) is 11.3 Å². The van der Waals surface area contributed by atoms with Gasteiger partial charge in [0.2, 0.25) is 0 Å². The van der Waals surface area contributed by atoms with E-state index >= 15 is 0 Å². The lowest BCUT2D eigenvalue weighted by Crippen LogP contribution is -2.29. The van der Waals surface area contributed by atoms with E-state index in [1.807, 2.05) is 13.8 Å². The average Bonchev–Trinajstić information content (AvgIpc) is 3.22. The van der Waals surface area contributed by atoms with Gasteiger partial charge in [-0.05, 0) is 73.0 Å². The predicted molar refractivity (Wildman–Crippen MR) is 147 cm³/mol. The summed E-state index contributed by atoms with van der Waals surface area (Å²) in [5.41, 5.74) is 1.38. The number of esters is 1. The fourth-order valence-corrected chi connectivity index (χ4v) is 4.35. The van der Waals surface area contributed by atoms with Gasteiger partial charge in [0.25, 0.3) is 11.7 Å². The minimum Gasteiger partial charge on any atom is -0.507 e. The summed E-state index contributed by atoms with van der Waals surface area (Å²) in [4.78, 5) is 40.6. The van der Waals surface area contributed by atoms with E-state index in [0.717, 1.165) is 0 Å². The van der Waals surface area contributed by atoms with Gasteiger partial charge in [-0.15, -0.1) is 0 Å². The Labute approximate surface area is 227 Å². The number of benzene rings is 3. The van der Waals surface area contributed by atoms with E-state index in [0.29, 0.717) is 40.8 Å². The van der Waals surface area contributed by atoms with E-state index in [9.17, 15) is 19.5 Å². The fraction of sp³-hybridized carbons (Fsp3) is 0.258. The molecule has 0 radical (unpaired) electrons. The molecule has 0 aromatic heterocycles. The Morgan fingerprint density at radius 2 is 1.67 bits per heavy atom. The molecule has 1 atom stereocenters. The highest BCUT2D eigenvalue weighted by Crippen LogP contribution is 2.43. The van der Waals surface area contributed by atoms with E-state index in [-0.39, 0.29) is 23.5 Å². The minimum atomic E-state index is -0.977. The summed E-state index contributed by atoms with van der Waals surface area (Å²) >= 11 is 0. The number of hydrogen-bond donors (Lipinski definition) is 1. The summed E-state index contributed by atoms with van der Waals surface area (Å²) in [7, 11) is 1.52. The van der Waals surface area contributed by atoms with Gasteiger partial charge in [0.1, 0.15) is 17.3 Å². The van der Waals surface area contributed by atoms with Crippen molar-refractivity contribution < 1.29 is 33.7 Å². The first kappa shape index (κ1) is 27.4. The molecule has 1 aliphatic heterocycles. The van der Waals surface area contributed by atoms with Crippen LogP contribution in [0, 0.1) is 5.92 Å². The molecule has 0 aliphatic carbocycles. The molecular formula is C31H31NO7. The van der Waals surface area contributed by atoms with Gasteiger partial charge < -0.3 is 19.3 Å². The summed E-state index contributed by atoms with van der Waals surface area (Å²) in [6.45, 7) is 6.52. The number of nitrogens with zero attached hydrogens (tertiary/aromatic N) is 1. The monoisotopic (exact) mass is 529 g/mol. The highest BCUT2D eigenvalue weighted by molar-refractivity contribution is 6.51. The van der Waals surface area contributed by atoms with Crippen LogP contribution in [0.1, 0.15) is 48.3 Å². The number of carbonyl (C=O) groups excluding carboxylic acids is 3. The van der Waals surface area contributed by atoms with Crippen LogP contribution in [0.2, 0.25) is 0 Å². The summed E-state index contributed by atoms with van der Waals surface area (Å²) in [5.74, 6) is -1.05. The first-order chi connectivity index (χ1) is 18.7. The molecule has 3 aromatic carbocycles. The maximum atomic E-state index is 13.5. The van der Waals surface area contributed by atoms with Crippen LogP contribution in [0.15, 0.2) is 78.4 Å². The lowest BCUT2D eigenvalue weighted by molar-refractivity contribution is -0.132. The van der Waals surface area contributed by atoms with Gasteiger partial charge >= 0.3 is 5.97 Å². The molecule has 1 saturated heterocycles. The summed E-state index contributed by atoms with van der Waals surface area (Å²) < 4.78 is 16.2. The highest BCUT2D eigenvalue weighted by Gasteiger charge is 2.47. The van der Waals surface area contributed by atoms with Crippen molar-refractivity contribution >= 4 is 29.1 Å². The molecule has 202 valence electrons. The van der Waals surface area contributed by atoms with Crippen molar-refractivity contribution in [2.75, 3.05) is 25.2 Å². The van der Waals surface area contributed by atoms with Gasteiger partial charge in [0.05, 0.1) is 37.5 Å². The number of ether oxygens (including phenoxy) is 3. The Bertz CT molecular complexity index is 1410. The van der Waals surface area contributed by atoms with Crippen molar-refractivity contribution in [3.05, 3.63) is 95.1 Å². The van der Waals surface area contributed by atoms with Crippen LogP contribution in [-0.4, -0.2) is 43.1 Å².